The van der Waals surface area contributed by atoms with Crippen LogP contribution in [-0.4, -0.2) is 68.6 Å². The first kappa shape index (κ1) is 19.5. The first-order chi connectivity index (χ1) is 12.3. The topological polar surface area (TPSA) is 42.9 Å². The Morgan fingerprint density at radius 3 is 2.48 bits per heavy atom. The van der Waals surface area contributed by atoms with E-state index >= 15 is 0 Å². The van der Waals surface area contributed by atoms with Gasteiger partial charge in [0.2, 0.25) is 0 Å². The van der Waals surface area contributed by atoms with Crippen molar-refractivity contribution in [2.24, 2.45) is 4.99 Å². The number of hydrogen-bond donors (Lipinski definition) is 2. The predicted octanol–water partition coefficient (Wildman–Crippen LogP) is 1.94. The molecule has 0 amide bonds. The third-order valence-corrected chi connectivity index (χ3v) is 4.54. The molecule has 1 aliphatic heterocycles. The molecule has 1 saturated heterocycles. The lowest BCUT2D eigenvalue weighted by molar-refractivity contribution is 0.126. The van der Waals surface area contributed by atoms with E-state index in [0.29, 0.717) is 0 Å². The molecule has 5 nitrogen and oxygen atoms in total. The van der Waals surface area contributed by atoms with Gasteiger partial charge in [0, 0.05) is 52.9 Å². The van der Waals surface area contributed by atoms with Crippen molar-refractivity contribution in [3.8, 4) is 0 Å². The molecule has 0 saturated carbocycles. The molecule has 138 valence electrons. The van der Waals surface area contributed by atoms with Gasteiger partial charge in [-0.2, -0.15) is 0 Å². The molecule has 25 heavy (non-hydrogen) atoms. The van der Waals surface area contributed by atoms with E-state index in [0.717, 1.165) is 25.6 Å². The van der Waals surface area contributed by atoms with Crippen LogP contribution in [0, 0.1) is 0 Å². The summed E-state index contributed by atoms with van der Waals surface area (Å²) in [5, 5.41) is 6.53. The van der Waals surface area contributed by atoms with Gasteiger partial charge in [-0.3, -0.25) is 9.89 Å². The van der Waals surface area contributed by atoms with E-state index in [-0.39, 0.29) is 0 Å². The number of piperazine rings is 1. The Balaban J connectivity index is 1.53. The Bertz CT molecular complexity index is 506. The van der Waals surface area contributed by atoms with Crippen LogP contribution in [0.5, 0.6) is 0 Å². The molecule has 2 N–H and O–H groups in total. The highest BCUT2D eigenvalue weighted by atomic mass is 15.3. The van der Waals surface area contributed by atoms with E-state index in [1.54, 1.807) is 7.05 Å². The number of nitrogens with zero attached hydrogens (tertiary/aromatic N) is 3. The summed E-state index contributed by atoms with van der Waals surface area (Å²) < 4.78 is 0. The van der Waals surface area contributed by atoms with Crippen molar-refractivity contribution in [1.82, 2.24) is 20.4 Å². The van der Waals surface area contributed by atoms with Gasteiger partial charge in [0.05, 0.1) is 0 Å². The molecule has 0 bridgehead atoms. The zero-order chi connectivity index (χ0) is 17.7. The van der Waals surface area contributed by atoms with Gasteiger partial charge in [0.25, 0.3) is 0 Å². The van der Waals surface area contributed by atoms with Gasteiger partial charge in [-0.25, -0.2) is 0 Å². The maximum atomic E-state index is 4.19. The van der Waals surface area contributed by atoms with E-state index in [9.17, 15) is 0 Å². The largest absolute Gasteiger partial charge is 0.356 e. The molecule has 0 unspecified atom stereocenters. The molecule has 1 aromatic rings. The summed E-state index contributed by atoms with van der Waals surface area (Å²) in [4.78, 5) is 9.33. The lowest BCUT2D eigenvalue weighted by Gasteiger charge is -2.34. The van der Waals surface area contributed by atoms with Crippen LogP contribution in [0.4, 0.5) is 0 Å². The van der Waals surface area contributed by atoms with Crippen molar-refractivity contribution in [3.05, 3.63) is 48.6 Å². The fraction of sp³-hybridized carbons (Fsp3) is 0.550. The van der Waals surface area contributed by atoms with Gasteiger partial charge in [0.1, 0.15) is 0 Å². The van der Waals surface area contributed by atoms with E-state index < -0.39 is 0 Å². The molecule has 0 aromatic heterocycles. The van der Waals surface area contributed by atoms with Crippen LogP contribution in [0.15, 0.2) is 48.0 Å². The second-order valence-electron chi connectivity index (χ2n) is 6.48. The molecular weight excluding hydrogens is 310 g/mol. The third-order valence-electron chi connectivity index (χ3n) is 4.54. The molecule has 1 fully saturated rings. The minimum Gasteiger partial charge on any atom is -0.356 e. The van der Waals surface area contributed by atoms with Gasteiger partial charge >= 0.3 is 0 Å². The van der Waals surface area contributed by atoms with Crippen molar-refractivity contribution < 1.29 is 0 Å². The fourth-order valence-electron chi connectivity index (χ4n) is 3.07. The minimum atomic E-state index is 0.743. The van der Waals surface area contributed by atoms with Gasteiger partial charge in [0.15, 0.2) is 5.96 Å². The normalized spacial score (nSPS) is 16.6. The van der Waals surface area contributed by atoms with Crippen LogP contribution < -0.4 is 10.6 Å². The third kappa shape index (κ3) is 7.71. The molecule has 0 aliphatic carbocycles. The van der Waals surface area contributed by atoms with Crippen LogP contribution in [0.25, 0.3) is 0 Å². The van der Waals surface area contributed by atoms with Crippen LogP contribution >= 0.6 is 0 Å². The maximum Gasteiger partial charge on any atom is 0.191 e. The smallest absolute Gasteiger partial charge is 0.191 e. The van der Waals surface area contributed by atoms with Crippen molar-refractivity contribution >= 4 is 5.96 Å². The van der Waals surface area contributed by atoms with Crippen molar-refractivity contribution in [2.75, 3.05) is 52.9 Å². The van der Waals surface area contributed by atoms with Crippen molar-refractivity contribution in [1.29, 1.82) is 0 Å². The molecule has 2 rings (SSSR count). The summed E-state index contributed by atoms with van der Waals surface area (Å²) in [6.45, 7) is 12.4. The van der Waals surface area contributed by atoms with E-state index in [1.165, 1.54) is 51.1 Å². The molecule has 1 aromatic carbocycles. The monoisotopic (exact) mass is 343 g/mol. The highest BCUT2D eigenvalue weighted by Gasteiger charge is 2.16. The first-order valence-corrected chi connectivity index (χ1v) is 9.36. The molecule has 1 aliphatic rings. The first-order valence-electron chi connectivity index (χ1n) is 9.36. The maximum absolute atomic E-state index is 4.19. The van der Waals surface area contributed by atoms with Gasteiger partial charge in [-0.1, -0.05) is 36.4 Å². The second kappa shape index (κ2) is 11.7. The number of rotatable bonds is 9. The molecular formula is C20H33N5. The summed E-state index contributed by atoms with van der Waals surface area (Å²) >= 11 is 0. The van der Waals surface area contributed by atoms with Gasteiger partial charge < -0.3 is 15.5 Å². The Labute approximate surface area is 152 Å². The Morgan fingerprint density at radius 1 is 1.08 bits per heavy atom. The number of benzene rings is 1. The van der Waals surface area contributed by atoms with Crippen LogP contribution in [0.3, 0.4) is 0 Å². The summed E-state index contributed by atoms with van der Waals surface area (Å²) in [5.41, 5.74) is 1.42. The fourth-order valence-corrected chi connectivity index (χ4v) is 3.07. The average molecular weight is 344 g/mol. The zero-order valence-electron chi connectivity index (χ0n) is 15.6. The van der Waals surface area contributed by atoms with Gasteiger partial charge in [-0.05, 0) is 24.9 Å². The number of unbranched alkanes of at least 4 members (excludes halogenated alkanes) is 1. The predicted molar refractivity (Wildman–Crippen MR) is 107 cm³/mol. The highest BCUT2D eigenvalue weighted by molar-refractivity contribution is 5.79. The summed E-state index contributed by atoms with van der Waals surface area (Å²) in [6.07, 6.45) is 4.23. The van der Waals surface area contributed by atoms with Crippen molar-refractivity contribution in [2.45, 2.75) is 19.4 Å². The second-order valence-corrected chi connectivity index (χ2v) is 6.48. The Morgan fingerprint density at radius 2 is 1.80 bits per heavy atom. The summed E-state index contributed by atoms with van der Waals surface area (Å²) in [7, 11) is 1.80. The van der Waals surface area contributed by atoms with Crippen LogP contribution in [-0.2, 0) is 6.54 Å². The van der Waals surface area contributed by atoms with Crippen LogP contribution in [0.1, 0.15) is 18.4 Å². The number of nitrogens with one attached hydrogen (secondary N) is 2. The standard InChI is InChI=1S/C20H33N5/c1-3-11-22-20(21-2)23-12-7-8-13-24-14-16-25(17-15-24)18-19-9-5-4-6-10-19/h3-6,9-10H,1,7-8,11-18H2,2H3,(H2,21,22,23). The zero-order valence-corrected chi connectivity index (χ0v) is 15.6. The SMILES string of the molecule is C=CCNC(=NC)NCCCCN1CCN(Cc2ccccc2)CC1. The number of hydrogen-bond acceptors (Lipinski definition) is 3. The number of guanidine groups is 1. The summed E-state index contributed by atoms with van der Waals surface area (Å²) in [6, 6.07) is 10.8. The molecule has 1 heterocycles. The molecule has 0 spiro atoms. The molecule has 0 atom stereocenters. The lowest BCUT2D eigenvalue weighted by Crippen LogP contribution is -2.46. The highest BCUT2D eigenvalue weighted by Crippen LogP contribution is 2.08. The summed E-state index contributed by atoms with van der Waals surface area (Å²) in [5.74, 6) is 0.856. The average Bonchev–Trinajstić information content (AvgIpc) is 2.66. The van der Waals surface area contributed by atoms with E-state index in [1.807, 2.05) is 6.08 Å². The quantitative estimate of drug-likeness (QED) is 0.311. The molecule has 0 radical (unpaired) electrons. The molecule has 5 heteroatoms. The van der Waals surface area contributed by atoms with E-state index in [4.69, 9.17) is 0 Å². The number of aliphatic imine (C=N–C) groups is 1. The lowest BCUT2D eigenvalue weighted by atomic mass is 10.2. The van der Waals surface area contributed by atoms with E-state index in [2.05, 4.69) is 62.3 Å². The van der Waals surface area contributed by atoms with Gasteiger partial charge in [-0.15, -0.1) is 6.58 Å². The Hall–Kier alpha value is -1.85. The van der Waals surface area contributed by atoms with Crippen LogP contribution in [0.2, 0.25) is 0 Å². The van der Waals surface area contributed by atoms with Crippen molar-refractivity contribution in [3.63, 3.8) is 0 Å². The Kier molecular flexibility index (Phi) is 9.08. The minimum absolute atomic E-state index is 0.743.